The Labute approximate surface area is 116 Å². The van der Waals surface area contributed by atoms with Crippen molar-refractivity contribution in [3.05, 3.63) is 39.7 Å². The zero-order chi connectivity index (χ0) is 14.1. The Morgan fingerprint density at radius 2 is 2.35 bits per heavy atom. The maximum atomic E-state index is 11.4. The summed E-state index contributed by atoms with van der Waals surface area (Å²) >= 11 is 0. The van der Waals surface area contributed by atoms with Crippen molar-refractivity contribution < 1.29 is 9.47 Å². The number of nitrogens with one attached hydrogen (secondary N) is 1. The van der Waals surface area contributed by atoms with Crippen molar-refractivity contribution in [2.75, 3.05) is 19.8 Å². The molecule has 0 aliphatic carbocycles. The van der Waals surface area contributed by atoms with E-state index in [1.807, 2.05) is 13.0 Å². The minimum atomic E-state index is -0.0959. The highest BCUT2D eigenvalue weighted by Gasteiger charge is 2.25. The van der Waals surface area contributed by atoms with Crippen molar-refractivity contribution in [1.29, 1.82) is 0 Å². The first-order valence-corrected chi connectivity index (χ1v) is 6.79. The van der Waals surface area contributed by atoms with Gasteiger partial charge in [-0.2, -0.15) is 0 Å². The van der Waals surface area contributed by atoms with Gasteiger partial charge in [0.15, 0.2) is 0 Å². The number of H-pyrrole nitrogens is 1. The monoisotopic (exact) mass is 274 g/mol. The lowest BCUT2D eigenvalue weighted by molar-refractivity contribution is 0.0653. The van der Waals surface area contributed by atoms with E-state index in [2.05, 4.69) is 11.1 Å². The minimum absolute atomic E-state index is 0.0217. The normalized spacial score (nSPS) is 17.2. The average molecular weight is 274 g/mol. The van der Waals surface area contributed by atoms with Crippen LogP contribution in [0, 0.1) is 6.92 Å². The molecule has 1 atom stereocenters. The summed E-state index contributed by atoms with van der Waals surface area (Å²) < 4.78 is 11.4. The molecule has 1 aliphatic heterocycles. The summed E-state index contributed by atoms with van der Waals surface area (Å²) in [6.07, 6.45) is 0.851. The highest BCUT2D eigenvalue weighted by Crippen LogP contribution is 2.37. The number of aromatic nitrogens is 1. The molecular weight excluding hydrogens is 256 g/mol. The van der Waals surface area contributed by atoms with Crippen molar-refractivity contribution in [3.8, 4) is 5.75 Å². The number of aryl methyl sites for hydroxylation is 1. The van der Waals surface area contributed by atoms with Crippen LogP contribution >= 0.6 is 0 Å². The van der Waals surface area contributed by atoms with Crippen LogP contribution in [-0.4, -0.2) is 30.8 Å². The van der Waals surface area contributed by atoms with Crippen molar-refractivity contribution in [2.45, 2.75) is 19.4 Å². The van der Waals surface area contributed by atoms with Gasteiger partial charge in [-0.3, -0.25) is 4.79 Å². The summed E-state index contributed by atoms with van der Waals surface area (Å²) in [5.74, 6) is 0.864. The number of hydrogen-bond acceptors (Lipinski definition) is 4. The third-order valence-corrected chi connectivity index (χ3v) is 3.54. The van der Waals surface area contributed by atoms with Crippen LogP contribution in [0.1, 0.15) is 11.1 Å². The van der Waals surface area contributed by atoms with Gasteiger partial charge in [-0.15, -0.1) is 0 Å². The second kappa shape index (κ2) is 5.26. The van der Waals surface area contributed by atoms with E-state index in [1.165, 1.54) is 11.6 Å². The molecule has 0 radical (unpaired) electrons. The van der Waals surface area contributed by atoms with Crippen LogP contribution in [0.25, 0.3) is 10.9 Å². The molecule has 5 heteroatoms. The highest BCUT2D eigenvalue weighted by molar-refractivity contribution is 5.89. The van der Waals surface area contributed by atoms with Gasteiger partial charge in [-0.25, -0.2) is 0 Å². The largest absolute Gasteiger partial charge is 0.487 e. The number of pyridine rings is 1. The van der Waals surface area contributed by atoms with Gasteiger partial charge < -0.3 is 20.2 Å². The Morgan fingerprint density at radius 3 is 3.15 bits per heavy atom. The van der Waals surface area contributed by atoms with Gasteiger partial charge in [0.1, 0.15) is 11.9 Å². The summed E-state index contributed by atoms with van der Waals surface area (Å²) in [7, 11) is 0. The Balaban J connectivity index is 1.93. The van der Waals surface area contributed by atoms with Crippen LogP contribution < -0.4 is 16.0 Å². The summed E-state index contributed by atoms with van der Waals surface area (Å²) in [6, 6.07) is 5.43. The molecule has 20 heavy (non-hydrogen) atoms. The minimum Gasteiger partial charge on any atom is -0.487 e. The molecule has 3 N–H and O–H groups in total. The zero-order valence-corrected chi connectivity index (χ0v) is 11.4. The molecule has 0 saturated heterocycles. The number of fused-ring (bicyclic) bond motifs is 3. The second-order valence-corrected chi connectivity index (χ2v) is 5.10. The molecule has 5 nitrogen and oxygen atoms in total. The Morgan fingerprint density at radius 1 is 1.50 bits per heavy atom. The van der Waals surface area contributed by atoms with Crippen molar-refractivity contribution in [3.63, 3.8) is 0 Å². The van der Waals surface area contributed by atoms with E-state index >= 15 is 0 Å². The third kappa shape index (κ3) is 2.30. The fourth-order valence-electron chi connectivity index (χ4n) is 2.68. The first-order chi connectivity index (χ1) is 9.69. The topological polar surface area (TPSA) is 77.3 Å². The quantitative estimate of drug-likeness (QED) is 0.819. The van der Waals surface area contributed by atoms with E-state index in [9.17, 15) is 4.79 Å². The summed E-state index contributed by atoms with van der Waals surface area (Å²) in [4.78, 5) is 14.3. The Bertz CT molecular complexity index is 693. The SMILES string of the molecule is Cc1cc2c(c3ccc(=O)[nH]c13)OC(COCCN)C2. The molecule has 2 aromatic rings. The summed E-state index contributed by atoms with van der Waals surface area (Å²) in [6.45, 7) is 3.60. The zero-order valence-electron chi connectivity index (χ0n) is 11.4. The van der Waals surface area contributed by atoms with Crippen LogP contribution in [0.4, 0.5) is 0 Å². The molecule has 1 unspecified atom stereocenters. The molecule has 106 valence electrons. The summed E-state index contributed by atoms with van der Waals surface area (Å²) in [5.41, 5.74) is 8.39. The molecule has 0 bridgehead atoms. The molecule has 3 rings (SSSR count). The fraction of sp³-hybridized carbons (Fsp3) is 0.400. The van der Waals surface area contributed by atoms with Crippen molar-refractivity contribution in [2.24, 2.45) is 5.73 Å². The Hall–Kier alpha value is -1.85. The molecule has 0 spiro atoms. The number of aromatic amines is 1. The van der Waals surface area contributed by atoms with Gasteiger partial charge in [0.05, 0.1) is 18.7 Å². The van der Waals surface area contributed by atoms with Crippen molar-refractivity contribution >= 4 is 10.9 Å². The molecule has 1 aromatic carbocycles. The lowest BCUT2D eigenvalue weighted by Gasteiger charge is -2.11. The lowest BCUT2D eigenvalue weighted by atomic mass is 10.0. The standard InChI is InChI=1S/C15H18N2O3/c1-9-6-10-7-11(8-19-5-4-16)20-15(10)12-2-3-13(18)17-14(9)12/h2-3,6,11H,4-5,7-8,16H2,1H3,(H,17,18). The van der Waals surface area contributed by atoms with Crippen LogP contribution in [-0.2, 0) is 11.2 Å². The Kier molecular flexibility index (Phi) is 3.46. The second-order valence-electron chi connectivity index (χ2n) is 5.10. The molecule has 1 aliphatic rings. The maximum absolute atomic E-state index is 11.4. The van der Waals surface area contributed by atoms with Gasteiger partial charge in [-0.1, -0.05) is 6.07 Å². The van der Waals surface area contributed by atoms with Gasteiger partial charge in [0.25, 0.3) is 0 Å². The molecule has 0 saturated carbocycles. The summed E-state index contributed by atoms with van der Waals surface area (Å²) in [5, 5.41) is 0.959. The predicted octanol–water partition coefficient (Wildman–Crippen LogP) is 1.12. The van der Waals surface area contributed by atoms with Crippen molar-refractivity contribution in [1.82, 2.24) is 4.98 Å². The molecule has 1 aromatic heterocycles. The smallest absolute Gasteiger partial charge is 0.248 e. The highest BCUT2D eigenvalue weighted by atomic mass is 16.5. The van der Waals surface area contributed by atoms with E-state index in [0.717, 1.165) is 28.6 Å². The van der Waals surface area contributed by atoms with Crippen LogP contribution in [0.3, 0.4) is 0 Å². The molecule has 2 heterocycles. The number of rotatable bonds is 4. The predicted molar refractivity (Wildman–Crippen MR) is 77.3 cm³/mol. The molecule has 0 fully saturated rings. The van der Waals surface area contributed by atoms with Gasteiger partial charge in [0.2, 0.25) is 5.56 Å². The van der Waals surface area contributed by atoms with E-state index in [0.29, 0.717) is 19.8 Å². The third-order valence-electron chi connectivity index (χ3n) is 3.54. The fourth-order valence-corrected chi connectivity index (χ4v) is 2.68. The number of hydrogen-bond donors (Lipinski definition) is 2. The molecular formula is C15H18N2O3. The van der Waals surface area contributed by atoms with E-state index < -0.39 is 0 Å². The average Bonchev–Trinajstić information content (AvgIpc) is 2.82. The first kappa shape index (κ1) is 13.1. The van der Waals surface area contributed by atoms with E-state index in [-0.39, 0.29) is 11.7 Å². The van der Waals surface area contributed by atoms with Gasteiger partial charge >= 0.3 is 0 Å². The maximum Gasteiger partial charge on any atom is 0.248 e. The number of benzene rings is 1. The van der Waals surface area contributed by atoms with Crippen LogP contribution in [0.2, 0.25) is 0 Å². The van der Waals surface area contributed by atoms with E-state index in [1.54, 1.807) is 0 Å². The van der Waals surface area contributed by atoms with Gasteiger partial charge in [0, 0.05) is 24.4 Å². The first-order valence-electron chi connectivity index (χ1n) is 6.79. The number of ether oxygens (including phenoxy) is 2. The molecule has 0 amide bonds. The lowest BCUT2D eigenvalue weighted by Crippen LogP contribution is -2.22. The van der Waals surface area contributed by atoms with Crippen LogP contribution in [0.5, 0.6) is 5.75 Å². The number of nitrogens with two attached hydrogens (primary N) is 1. The van der Waals surface area contributed by atoms with E-state index in [4.69, 9.17) is 15.2 Å². The van der Waals surface area contributed by atoms with Gasteiger partial charge in [-0.05, 0) is 24.1 Å². The van der Waals surface area contributed by atoms with Crippen LogP contribution in [0.15, 0.2) is 23.0 Å².